The highest BCUT2D eigenvalue weighted by molar-refractivity contribution is 7.92. The molecule has 2 N–H and O–H groups in total. The van der Waals surface area contributed by atoms with Crippen LogP contribution in [-0.4, -0.2) is 56.8 Å². The molecule has 0 atom stereocenters. The summed E-state index contributed by atoms with van der Waals surface area (Å²) in [5.41, 5.74) is 3.11. The average molecular weight is 602 g/mol. The largest absolute Gasteiger partial charge is 0.497 e. The van der Waals surface area contributed by atoms with Crippen LogP contribution < -0.4 is 24.4 Å². The molecule has 0 unspecified atom stereocenters. The van der Waals surface area contributed by atoms with Gasteiger partial charge in [0.05, 0.1) is 13.4 Å². The van der Waals surface area contributed by atoms with Crippen molar-refractivity contribution >= 4 is 33.1 Å². The minimum atomic E-state index is -3.33. The van der Waals surface area contributed by atoms with Crippen LogP contribution in [0, 0.1) is 0 Å². The highest BCUT2D eigenvalue weighted by Gasteiger charge is 2.29. The van der Waals surface area contributed by atoms with E-state index in [4.69, 9.17) is 9.47 Å². The van der Waals surface area contributed by atoms with Crippen LogP contribution in [-0.2, 0) is 16.6 Å². The number of nitrogens with one attached hydrogen (secondary N) is 2. The lowest BCUT2D eigenvalue weighted by molar-refractivity contribution is 0.199. The van der Waals surface area contributed by atoms with Gasteiger partial charge in [-0.15, -0.1) is 0 Å². The van der Waals surface area contributed by atoms with E-state index >= 15 is 0 Å². The van der Waals surface area contributed by atoms with Crippen LogP contribution in [0.15, 0.2) is 97.2 Å². The van der Waals surface area contributed by atoms with E-state index in [0.717, 1.165) is 55.7 Å². The SMILES string of the molecule is COc1ccc(NC(=O)N(c2ccccc2)C2CCN(Cc3ccc(Oc4ccc(NS(C)(=O)=O)cc4)nc3)CC2)cc1. The fraction of sp³-hybridized carbons (Fsp3) is 0.250. The van der Waals surface area contributed by atoms with Crippen LogP contribution in [0.3, 0.4) is 0 Å². The molecule has 0 bridgehead atoms. The fourth-order valence-electron chi connectivity index (χ4n) is 5.03. The molecule has 1 saturated heterocycles. The Morgan fingerprint density at radius 3 is 2.16 bits per heavy atom. The number of hydrogen-bond donors (Lipinski definition) is 2. The van der Waals surface area contributed by atoms with E-state index < -0.39 is 10.0 Å². The number of piperidine rings is 1. The van der Waals surface area contributed by atoms with E-state index in [1.165, 1.54) is 0 Å². The van der Waals surface area contributed by atoms with Gasteiger partial charge in [0.25, 0.3) is 0 Å². The van der Waals surface area contributed by atoms with E-state index in [2.05, 4.69) is 19.9 Å². The van der Waals surface area contributed by atoms with Crippen molar-refractivity contribution in [1.29, 1.82) is 0 Å². The summed E-state index contributed by atoms with van der Waals surface area (Å²) in [5.74, 6) is 1.74. The Kier molecular flexibility index (Phi) is 9.43. The van der Waals surface area contributed by atoms with Crippen molar-refractivity contribution in [3.05, 3.63) is 103 Å². The number of likely N-dealkylation sites (tertiary alicyclic amines) is 1. The molecule has 3 aromatic carbocycles. The summed E-state index contributed by atoms with van der Waals surface area (Å²) in [6, 6.07) is 27.5. The molecule has 1 aliphatic heterocycles. The summed E-state index contributed by atoms with van der Waals surface area (Å²) in [6.07, 6.45) is 4.58. The molecule has 5 rings (SSSR count). The van der Waals surface area contributed by atoms with E-state index in [-0.39, 0.29) is 12.1 Å². The number of amides is 2. The molecule has 1 aliphatic rings. The maximum absolute atomic E-state index is 13.5. The number of hydrogen-bond acceptors (Lipinski definition) is 7. The molecule has 4 aromatic rings. The van der Waals surface area contributed by atoms with Crippen LogP contribution in [0.5, 0.6) is 17.4 Å². The maximum atomic E-state index is 13.5. The minimum absolute atomic E-state index is 0.0600. The van der Waals surface area contributed by atoms with E-state index in [0.29, 0.717) is 23.0 Å². The van der Waals surface area contributed by atoms with Crippen LogP contribution >= 0.6 is 0 Å². The average Bonchev–Trinajstić information content (AvgIpc) is 3.00. The third-order valence-corrected chi connectivity index (χ3v) is 7.71. The summed E-state index contributed by atoms with van der Waals surface area (Å²) in [4.78, 5) is 22.2. The molecule has 2 amide bonds. The van der Waals surface area contributed by atoms with Crippen LogP contribution in [0.25, 0.3) is 0 Å². The first kappa shape index (κ1) is 29.9. The number of benzene rings is 3. The predicted molar refractivity (Wildman–Crippen MR) is 168 cm³/mol. The van der Waals surface area contributed by atoms with Crippen molar-refractivity contribution in [3.63, 3.8) is 0 Å². The Labute approximate surface area is 252 Å². The van der Waals surface area contributed by atoms with Gasteiger partial charge < -0.3 is 14.8 Å². The monoisotopic (exact) mass is 601 g/mol. The van der Waals surface area contributed by atoms with Crippen molar-refractivity contribution < 1.29 is 22.7 Å². The molecule has 0 saturated carbocycles. The number of rotatable bonds is 10. The summed E-state index contributed by atoms with van der Waals surface area (Å²) in [5, 5.41) is 3.04. The molecule has 10 nitrogen and oxygen atoms in total. The number of nitrogens with zero attached hydrogens (tertiary/aromatic N) is 3. The lowest BCUT2D eigenvalue weighted by atomic mass is 10.0. The highest BCUT2D eigenvalue weighted by Crippen LogP contribution is 2.27. The predicted octanol–water partition coefficient (Wildman–Crippen LogP) is 5.96. The Morgan fingerprint density at radius 1 is 0.907 bits per heavy atom. The first-order chi connectivity index (χ1) is 20.8. The normalized spacial score (nSPS) is 14.1. The minimum Gasteiger partial charge on any atom is -0.497 e. The van der Waals surface area contributed by atoms with Gasteiger partial charge in [0.15, 0.2) is 0 Å². The summed E-state index contributed by atoms with van der Waals surface area (Å²) in [7, 11) is -1.72. The lowest BCUT2D eigenvalue weighted by Gasteiger charge is -2.38. The third kappa shape index (κ3) is 8.46. The zero-order chi connectivity index (χ0) is 30.2. The Morgan fingerprint density at radius 2 is 1.56 bits per heavy atom. The lowest BCUT2D eigenvalue weighted by Crippen LogP contribution is -2.49. The van der Waals surface area contributed by atoms with Gasteiger partial charge in [-0.3, -0.25) is 14.5 Å². The van der Waals surface area contributed by atoms with Gasteiger partial charge >= 0.3 is 6.03 Å². The molecular formula is C32H35N5O5S. The standard InChI is InChI=1S/C32H35N5O5S/c1-41-29-13-9-25(10-14-29)34-32(38)37(27-6-4-3-5-7-27)28-18-20-36(21-19-28)23-24-8-17-31(33-22-24)42-30-15-11-26(12-16-30)35-43(2,39)40/h3-17,22,28,35H,18-21,23H2,1-2H3,(H,34,38). The second-order valence-electron chi connectivity index (χ2n) is 10.4. The molecule has 43 heavy (non-hydrogen) atoms. The van der Waals surface area contributed by atoms with Gasteiger partial charge in [-0.1, -0.05) is 24.3 Å². The Balaban J connectivity index is 1.16. The van der Waals surface area contributed by atoms with Gasteiger partial charge in [0.2, 0.25) is 15.9 Å². The van der Waals surface area contributed by atoms with E-state index in [1.807, 2.05) is 71.6 Å². The molecule has 224 valence electrons. The molecule has 1 fully saturated rings. The van der Waals surface area contributed by atoms with Gasteiger partial charge in [-0.05, 0) is 79.1 Å². The summed E-state index contributed by atoms with van der Waals surface area (Å²) >= 11 is 0. The van der Waals surface area contributed by atoms with E-state index in [1.54, 1.807) is 37.6 Å². The number of carbonyl (C=O) groups is 1. The summed E-state index contributed by atoms with van der Waals surface area (Å²) < 4.78 is 36.2. The zero-order valence-corrected chi connectivity index (χ0v) is 25.0. The summed E-state index contributed by atoms with van der Waals surface area (Å²) in [6.45, 7) is 2.43. The molecule has 0 aliphatic carbocycles. The highest BCUT2D eigenvalue weighted by atomic mass is 32.2. The van der Waals surface area contributed by atoms with Crippen molar-refractivity contribution in [2.24, 2.45) is 0 Å². The molecular weight excluding hydrogens is 566 g/mol. The molecule has 1 aromatic heterocycles. The number of carbonyl (C=O) groups excluding carboxylic acids is 1. The van der Waals surface area contributed by atoms with Gasteiger partial charge in [-0.25, -0.2) is 18.2 Å². The van der Waals surface area contributed by atoms with Gasteiger partial charge in [0, 0.05) is 55.0 Å². The van der Waals surface area contributed by atoms with Crippen molar-refractivity contribution in [3.8, 4) is 17.4 Å². The second-order valence-corrected chi connectivity index (χ2v) is 12.1. The Hall–Kier alpha value is -4.61. The molecule has 11 heteroatoms. The number of methoxy groups -OCH3 is 1. The van der Waals surface area contributed by atoms with E-state index in [9.17, 15) is 13.2 Å². The molecule has 0 spiro atoms. The molecule has 0 radical (unpaired) electrons. The number of pyridine rings is 1. The zero-order valence-electron chi connectivity index (χ0n) is 24.1. The topological polar surface area (TPSA) is 113 Å². The Bertz CT molecular complexity index is 1590. The number of anilines is 3. The van der Waals surface area contributed by atoms with Gasteiger partial charge in [-0.2, -0.15) is 0 Å². The number of urea groups is 1. The van der Waals surface area contributed by atoms with Crippen molar-refractivity contribution in [2.45, 2.75) is 25.4 Å². The fourth-order valence-corrected chi connectivity index (χ4v) is 5.59. The maximum Gasteiger partial charge on any atom is 0.326 e. The molecule has 2 heterocycles. The quantitative estimate of drug-likeness (QED) is 0.231. The number of para-hydroxylation sites is 1. The van der Waals surface area contributed by atoms with Crippen molar-refractivity contribution in [2.75, 3.05) is 41.4 Å². The van der Waals surface area contributed by atoms with Crippen LogP contribution in [0.4, 0.5) is 21.9 Å². The first-order valence-corrected chi connectivity index (χ1v) is 15.9. The number of aromatic nitrogens is 1. The van der Waals surface area contributed by atoms with Crippen LogP contribution in [0.2, 0.25) is 0 Å². The number of sulfonamides is 1. The van der Waals surface area contributed by atoms with Crippen molar-refractivity contribution in [1.82, 2.24) is 9.88 Å². The smallest absolute Gasteiger partial charge is 0.326 e. The number of ether oxygens (including phenoxy) is 2. The van der Waals surface area contributed by atoms with Gasteiger partial charge in [0.1, 0.15) is 11.5 Å². The third-order valence-electron chi connectivity index (χ3n) is 7.10. The van der Waals surface area contributed by atoms with Crippen LogP contribution in [0.1, 0.15) is 18.4 Å². The first-order valence-electron chi connectivity index (χ1n) is 14.0. The second kappa shape index (κ2) is 13.6.